The first kappa shape index (κ1) is 14.7. The molecule has 0 aromatic heterocycles. The molecule has 90 valence electrons. The largest absolute Gasteiger partial charge is 0.393 e. The van der Waals surface area contributed by atoms with E-state index in [1.807, 2.05) is 19.1 Å². The van der Waals surface area contributed by atoms with Crippen LogP contribution < -0.4 is 0 Å². The molecule has 0 amide bonds. The summed E-state index contributed by atoms with van der Waals surface area (Å²) in [5.41, 5.74) is 0. The van der Waals surface area contributed by atoms with Crippen molar-refractivity contribution in [2.45, 2.75) is 77.7 Å². The van der Waals surface area contributed by atoms with Gasteiger partial charge in [-0.1, -0.05) is 64.0 Å². The Kier molecular flexibility index (Phi) is 11.5. The lowest BCUT2D eigenvalue weighted by Crippen LogP contribution is -2.04. The van der Waals surface area contributed by atoms with Gasteiger partial charge in [0.05, 0.1) is 6.10 Å². The molecule has 0 saturated carbocycles. The highest BCUT2D eigenvalue weighted by Crippen LogP contribution is 2.11. The van der Waals surface area contributed by atoms with Crippen LogP contribution in [0, 0.1) is 0 Å². The Balaban J connectivity index is 3.09. The molecule has 0 aliphatic rings. The molecule has 0 heterocycles. The molecule has 0 spiro atoms. The zero-order valence-corrected chi connectivity index (χ0v) is 10.5. The molecule has 0 fully saturated rings. The summed E-state index contributed by atoms with van der Waals surface area (Å²) >= 11 is 0. The van der Waals surface area contributed by atoms with Gasteiger partial charge in [0.15, 0.2) is 0 Å². The first-order valence-electron chi connectivity index (χ1n) is 6.60. The van der Waals surface area contributed by atoms with Crippen LogP contribution in [0.2, 0.25) is 0 Å². The summed E-state index contributed by atoms with van der Waals surface area (Å²) in [7, 11) is 0. The van der Waals surface area contributed by atoms with Crippen LogP contribution in [0.4, 0.5) is 0 Å². The van der Waals surface area contributed by atoms with E-state index < -0.39 is 0 Å². The molecule has 0 aromatic rings. The lowest BCUT2D eigenvalue weighted by molar-refractivity contribution is 0.163. The third-order valence-corrected chi connectivity index (χ3v) is 2.78. The Morgan fingerprint density at radius 1 is 1.00 bits per heavy atom. The topological polar surface area (TPSA) is 20.2 Å². The maximum Gasteiger partial charge on any atom is 0.0574 e. The van der Waals surface area contributed by atoms with E-state index in [1.54, 1.807) is 0 Å². The Labute approximate surface area is 95.6 Å². The van der Waals surface area contributed by atoms with Crippen molar-refractivity contribution in [2.24, 2.45) is 0 Å². The number of allylic oxidation sites excluding steroid dienone is 1. The van der Waals surface area contributed by atoms with Crippen molar-refractivity contribution < 1.29 is 5.11 Å². The number of unbranched alkanes of at least 4 members (excludes halogenated alkanes) is 6. The molecule has 0 aliphatic heterocycles. The number of rotatable bonds is 10. The van der Waals surface area contributed by atoms with Gasteiger partial charge in [0.25, 0.3) is 0 Å². The lowest BCUT2D eigenvalue weighted by Gasteiger charge is -2.07. The van der Waals surface area contributed by atoms with E-state index in [4.69, 9.17) is 0 Å². The van der Waals surface area contributed by atoms with Gasteiger partial charge in [0, 0.05) is 0 Å². The van der Waals surface area contributed by atoms with Crippen molar-refractivity contribution in [3.63, 3.8) is 0 Å². The van der Waals surface area contributed by atoms with Crippen molar-refractivity contribution in [1.82, 2.24) is 0 Å². The predicted octanol–water partition coefficient (Wildman–Crippen LogP) is 4.45. The molecule has 0 aromatic carbocycles. The van der Waals surface area contributed by atoms with Crippen molar-refractivity contribution in [3.05, 3.63) is 12.2 Å². The molecular formula is C14H28O. The van der Waals surface area contributed by atoms with Gasteiger partial charge in [0.2, 0.25) is 0 Å². The standard InChI is InChI=1S/C14H28O/c1-3-5-7-8-9-10-11-13-14(15)12-6-4-2/h4,6,14-15H,3,5,7-13H2,1-2H3/b6-4+. The van der Waals surface area contributed by atoms with Gasteiger partial charge in [-0.25, -0.2) is 0 Å². The molecule has 15 heavy (non-hydrogen) atoms. The van der Waals surface area contributed by atoms with Crippen LogP contribution in [0.25, 0.3) is 0 Å². The fourth-order valence-electron chi connectivity index (χ4n) is 1.75. The number of hydrogen-bond acceptors (Lipinski definition) is 1. The fraction of sp³-hybridized carbons (Fsp3) is 0.857. The van der Waals surface area contributed by atoms with Crippen LogP contribution >= 0.6 is 0 Å². The minimum Gasteiger partial charge on any atom is -0.393 e. The second kappa shape index (κ2) is 11.8. The Morgan fingerprint density at radius 2 is 1.60 bits per heavy atom. The minimum atomic E-state index is -0.114. The number of aliphatic hydroxyl groups is 1. The predicted molar refractivity (Wildman–Crippen MR) is 68.0 cm³/mol. The van der Waals surface area contributed by atoms with Gasteiger partial charge in [-0.2, -0.15) is 0 Å². The van der Waals surface area contributed by atoms with Crippen LogP contribution in [0.3, 0.4) is 0 Å². The van der Waals surface area contributed by atoms with E-state index >= 15 is 0 Å². The minimum absolute atomic E-state index is 0.114. The van der Waals surface area contributed by atoms with Crippen LogP contribution in [0.5, 0.6) is 0 Å². The molecule has 0 rings (SSSR count). The molecular weight excluding hydrogens is 184 g/mol. The molecule has 1 unspecified atom stereocenters. The highest BCUT2D eigenvalue weighted by Gasteiger charge is 2.00. The van der Waals surface area contributed by atoms with E-state index in [0.29, 0.717) is 0 Å². The average molecular weight is 212 g/mol. The summed E-state index contributed by atoms with van der Waals surface area (Å²) in [5, 5.41) is 9.57. The lowest BCUT2D eigenvalue weighted by atomic mass is 10.0. The van der Waals surface area contributed by atoms with Crippen molar-refractivity contribution in [2.75, 3.05) is 0 Å². The SMILES string of the molecule is C/C=C/CC(O)CCCCCCCCC. The van der Waals surface area contributed by atoms with Gasteiger partial charge in [-0.05, 0) is 19.8 Å². The van der Waals surface area contributed by atoms with Crippen LogP contribution in [-0.2, 0) is 0 Å². The van der Waals surface area contributed by atoms with E-state index in [9.17, 15) is 5.11 Å². The molecule has 0 aliphatic carbocycles. The Hall–Kier alpha value is -0.300. The summed E-state index contributed by atoms with van der Waals surface area (Å²) in [6.07, 6.45) is 15.0. The quantitative estimate of drug-likeness (QED) is 0.419. The smallest absolute Gasteiger partial charge is 0.0574 e. The molecule has 1 nitrogen and oxygen atoms in total. The normalized spacial score (nSPS) is 13.5. The molecule has 0 saturated heterocycles. The van der Waals surface area contributed by atoms with Crippen LogP contribution in [0.15, 0.2) is 12.2 Å². The first-order chi connectivity index (χ1) is 7.31. The highest BCUT2D eigenvalue weighted by atomic mass is 16.3. The first-order valence-corrected chi connectivity index (χ1v) is 6.60. The summed E-state index contributed by atoms with van der Waals surface area (Å²) in [6, 6.07) is 0. The zero-order chi connectivity index (χ0) is 11.4. The van der Waals surface area contributed by atoms with Gasteiger partial charge in [-0.15, -0.1) is 0 Å². The van der Waals surface area contributed by atoms with Gasteiger partial charge in [0.1, 0.15) is 0 Å². The van der Waals surface area contributed by atoms with E-state index in [0.717, 1.165) is 12.8 Å². The van der Waals surface area contributed by atoms with E-state index in [2.05, 4.69) is 6.92 Å². The van der Waals surface area contributed by atoms with Crippen LogP contribution in [-0.4, -0.2) is 11.2 Å². The van der Waals surface area contributed by atoms with Gasteiger partial charge in [-0.3, -0.25) is 0 Å². The van der Waals surface area contributed by atoms with Crippen LogP contribution in [0.1, 0.15) is 71.6 Å². The Bertz CT molecular complexity index is 140. The molecule has 1 heteroatoms. The van der Waals surface area contributed by atoms with Crippen molar-refractivity contribution in [1.29, 1.82) is 0 Å². The molecule has 1 N–H and O–H groups in total. The van der Waals surface area contributed by atoms with E-state index in [1.165, 1.54) is 44.9 Å². The van der Waals surface area contributed by atoms with Gasteiger partial charge < -0.3 is 5.11 Å². The molecule has 0 radical (unpaired) electrons. The monoisotopic (exact) mass is 212 g/mol. The second-order valence-corrected chi connectivity index (χ2v) is 4.37. The average Bonchev–Trinajstić information content (AvgIpc) is 2.25. The highest BCUT2D eigenvalue weighted by molar-refractivity contribution is 4.79. The second-order valence-electron chi connectivity index (χ2n) is 4.37. The number of aliphatic hydroxyl groups excluding tert-OH is 1. The summed E-state index contributed by atoms with van der Waals surface area (Å²) in [5.74, 6) is 0. The van der Waals surface area contributed by atoms with E-state index in [-0.39, 0.29) is 6.10 Å². The number of hydrogen-bond donors (Lipinski definition) is 1. The zero-order valence-electron chi connectivity index (χ0n) is 10.5. The summed E-state index contributed by atoms with van der Waals surface area (Å²) in [6.45, 7) is 4.25. The summed E-state index contributed by atoms with van der Waals surface area (Å²) in [4.78, 5) is 0. The maximum absolute atomic E-state index is 9.57. The third-order valence-electron chi connectivity index (χ3n) is 2.78. The summed E-state index contributed by atoms with van der Waals surface area (Å²) < 4.78 is 0. The van der Waals surface area contributed by atoms with Gasteiger partial charge >= 0.3 is 0 Å². The molecule has 0 bridgehead atoms. The fourth-order valence-corrected chi connectivity index (χ4v) is 1.75. The maximum atomic E-state index is 9.57. The van der Waals surface area contributed by atoms with Crippen molar-refractivity contribution >= 4 is 0 Å². The van der Waals surface area contributed by atoms with Crippen molar-refractivity contribution in [3.8, 4) is 0 Å². The molecule has 1 atom stereocenters. The third kappa shape index (κ3) is 11.6. The Morgan fingerprint density at radius 3 is 2.20 bits per heavy atom.